The zero-order chi connectivity index (χ0) is 13.2. The lowest BCUT2D eigenvalue weighted by molar-refractivity contribution is 0.400. The van der Waals surface area contributed by atoms with Crippen LogP contribution < -0.4 is 5.32 Å². The van der Waals surface area contributed by atoms with Crippen LogP contribution in [0.1, 0.15) is 17.2 Å². The van der Waals surface area contributed by atoms with E-state index in [1.165, 1.54) is 4.21 Å². The molecule has 3 rings (SSSR count). The Morgan fingerprint density at radius 2 is 2.16 bits per heavy atom. The summed E-state index contributed by atoms with van der Waals surface area (Å²) in [6, 6.07) is 7.78. The topological polar surface area (TPSA) is 52.5 Å². The number of fused-ring (bicyclic) bond motifs is 1. The van der Waals surface area contributed by atoms with Gasteiger partial charge in [-0.1, -0.05) is 6.07 Å². The van der Waals surface area contributed by atoms with Crippen molar-refractivity contribution in [1.29, 1.82) is 0 Å². The normalized spacial score (nSPS) is 18.2. The van der Waals surface area contributed by atoms with Crippen molar-refractivity contribution in [3.05, 3.63) is 40.8 Å². The highest BCUT2D eigenvalue weighted by atomic mass is 32.2. The first-order valence-corrected chi connectivity index (χ1v) is 8.05. The van der Waals surface area contributed by atoms with E-state index in [2.05, 4.69) is 22.8 Å². The van der Waals surface area contributed by atoms with Crippen molar-refractivity contribution >= 4 is 23.1 Å². The van der Waals surface area contributed by atoms with E-state index in [1.807, 2.05) is 11.8 Å². The van der Waals surface area contributed by atoms with Crippen LogP contribution in [0.2, 0.25) is 0 Å². The summed E-state index contributed by atoms with van der Waals surface area (Å²) in [5.74, 6) is 0.872. The Bertz CT molecular complexity index is 569. The fourth-order valence-electron chi connectivity index (χ4n) is 2.33. The summed E-state index contributed by atoms with van der Waals surface area (Å²) in [6.45, 7) is 0.910. The van der Waals surface area contributed by atoms with Gasteiger partial charge in [-0.05, 0) is 47.7 Å². The molecule has 1 unspecified atom stereocenters. The molecule has 0 fully saturated rings. The molecule has 1 aliphatic heterocycles. The fraction of sp³-hybridized carbons (Fsp3) is 0.286. The van der Waals surface area contributed by atoms with Gasteiger partial charge in [0.15, 0.2) is 11.5 Å². The monoisotopic (exact) mass is 293 g/mol. The van der Waals surface area contributed by atoms with Crippen LogP contribution in [0.25, 0.3) is 0 Å². The number of rotatable bonds is 3. The van der Waals surface area contributed by atoms with E-state index >= 15 is 0 Å². The zero-order valence-electron chi connectivity index (χ0n) is 10.3. The molecule has 0 aliphatic carbocycles. The quantitative estimate of drug-likeness (QED) is 0.601. The Morgan fingerprint density at radius 1 is 1.32 bits per heavy atom. The standard InChI is InChI=1S/C14H15NO2S2/c16-12-6-9-3-4-15-11(10(9)7-13(12)17)8-19-14-2-1-5-18-14/h1-2,5-7,11,15-17H,3-4,8H2. The first-order chi connectivity index (χ1) is 9.24. The van der Waals surface area contributed by atoms with Gasteiger partial charge >= 0.3 is 0 Å². The summed E-state index contributed by atoms with van der Waals surface area (Å²) in [6.07, 6.45) is 0.892. The Kier molecular flexibility index (Phi) is 3.68. The number of phenols is 2. The summed E-state index contributed by atoms with van der Waals surface area (Å²) in [5, 5.41) is 24.8. The lowest BCUT2D eigenvalue weighted by atomic mass is 9.94. The molecule has 1 atom stereocenters. The number of thioether (sulfide) groups is 1. The first-order valence-electron chi connectivity index (χ1n) is 6.18. The van der Waals surface area contributed by atoms with Gasteiger partial charge in [-0.15, -0.1) is 23.1 Å². The molecule has 100 valence electrons. The molecule has 0 radical (unpaired) electrons. The minimum Gasteiger partial charge on any atom is -0.504 e. The number of thiophene rings is 1. The van der Waals surface area contributed by atoms with Crippen molar-refractivity contribution in [2.45, 2.75) is 16.7 Å². The molecule has 2 heterocycles. The highest BCUT2D eigenvalue weighted by Crippen LogP contribution is 2.36. The maximum atomic E-state index is 9.66. The van der Waals surface area contributed by atoms with Gasteiger partial charge in [0.2, 0.25) is 0 Å². The zero-order valence-corrected chi connectivity index (χ0v) is 11.9. The third-order valence-corrected chi connectivity index (χ3v) is 5.51. The lowest BCUT2D eigenvalue weighted by Crippen LogP contribution is -2.31. The van der Waals surface area contributed by atoms with E-state index in [-0.39, 0.29) is 17.5 Å². The van der Waals surface area contributed by atoms with Crippen LogP contribution in [0.4, 0.5) is 0 Å². The molecule has 0 saturated carbocycles. The second-order valence-corrected chi connectivity index (χ2v) is 6.81. The molecule has 1 aromatic heterocycles. The molecular weight excluding hydrogens is 278 g/mol. The predicted molar refractivity (Wildman–Crippen MR) is 79.3 cm³/mol. The lowest BCUT2D eigenvalue weighted by Gasteiger charge is -2.27. The van der Waals surface area contributed by atoms with E-state index in [1.54, 1.807) is 23.5 Å². The largest absolute Gasteiger partial charge is 0.504 e. The average Bonchev–Trinajstić information content (AvgIpc) is 2.91. The van der Waals surface area contributed by atoms with Crippen LogP contribution >= 0.6 is 23.1 Å². The molecule has 1 aromatic carbocycles. The van der Waals surface area contributed by atoms with Crippen molar-refractivity contribution < 1.29 is 10.2 Å². The number of hydrogen-bond donors (Lipinski definition) is 3. The SMILES string of the molecule is Oc1cc2c(cc1O)C(CSc1cccs1)NCC2. The van der Waals surface area contributed by atoms with Crippen LogP contribution in [-0.2, 0) is 6.42 Å². The van der Waals surface area contributed by atoms with Crippen LogP contribution in [0.15, 0.2) is 33.9 Å². The van der Waals surface area contributed by atoms with Gasteiger partial charge in [-0.25, -0.2) is 0 Å². The smallest absolute Gasteiger partial charge is 0.157 e. The highest BCUT2D eigenvalue weighted by molar-refractivity contribution is 8.01. The Hall–Kier alpha value is -1.17. The van der Waals surface area contributed by atoms with Crippen LogP contribution in [0.5, 0.6) is 11.5 Å². The first kappa shape index (κ1) is 12.8. The number of benzene rings is 1. The summed E-state index contributed by atoms with van der Waals surface area (Å²) in [4.78, 5) is 0. The maximum absolute atomic E-state index is 9.66. The van der Waals surface area contributed by atoms with Crippen LogP contribution in [-0.4, -0.2) is 22.5 Å². The molecule has 5 heteroatoms. The van der Waals surface area contributed by atoms with Crippen molar-refractivity contribution in [2.24, 2.45) is 0 Å². The third-order valence-electron chi connectivity index (χ3n) is 3.28. The van der Waals surface area contributed by atoms with E-state index in [0.717, 1.165) is 29.8 Å². The van der Waals surface area contributed by atoms with Crippen molar-refractivity contribution in [3.63, 3.8) is 0 Å². The van der Waals surface area contributed by atoms with Crippen molar-refractivity contribution in [3.8, 4) is 11.5 Å². The van der Waals surface area contributed by atoms with E-state index < -0.39 is 0 Å². The molecule has 19 heavy (non-hydrogen) atoms. The molecule has 0 bridgehead atoms. The number of nitrogens with one attached hydrogen (secondary N) is 1. The fourth-order valence-corrected chi connectivity index (χ4v) is 4.22. The Morgan fingerprint density at radius 3 is 2.95 bits per heavy atom. The van der Waals surface area contributed by atoms with Gasteiger partial charge < -0.3 is 15.5 Å². The summed E-state index contributed by atoms with van der Waals surface area (Å²) < 4.78 is 1.30. The number of aromatic hydroxyl groups is 2. The van der Waals surface area contributed by atoms with Gasteiger partial charge in [0.1, 0.15) is 0 Å². The van der Waals surface area contributed by atoms with E-state index in [0.29, 0.717) is 0 Å². The molecule has 3 nitrogen and oxygen atoms in total. The molecule has 0 saturated heterocycles. The molecule has 0 amide bonds. The second kappa shape index (κ2) is 5.45. The minimum atomic E-state index is -0.0337. The van der Waals surface area contributed by atoms with Crippen molar-refractivity contribution in [1.82, 2.24) is 5.32 Å². The maximum Gasteiger partial charge on any atom is 0.157 e. The van der Waals surface area contributed by atoms with E-state index in [9.17, 15) is 10.2 Å². The van der Waals surface area contributed by atoms with Gasteiger partial charge in [-0.3, -0.25) is 0 Å². The third kappa shape index (κ3) is 2.73. The summed E-state index contributed by atoms with van der Waals surface area (Å²) in [7, 11) is 0. The number of phenolic OH excluding ortho intramolecular Hbond substituents is 2. The van der Waals surface area contributed by atoms with Gasteiger partial charge in [0, 0.05) is 11.8 Å². The van der Waals surface area contributed by atoms with Crippen LogP contribution in [0.3, 0.4) is 0 Å². The molecule has 1 aliphatic rings. The van der Waals surface area contributed by atoms with Crippen molar-refractivity contribution in [2.75, 3.05) is 12.3 Å². The van der Waals surface area contributed by atoms with E-state index in [4.69, 9.17) is 0 Å². The molecular formula is C14H15NO2S2. The minimum absolute atomic E-state index is 0.0229. The van der Waals surface area contributed by atoms with Gasteiger partial charge in [0.05, 0.1) is 4.21 Å². The molecule has 3 N–H and O–H groups in total. The Balaban J connectivity index is 1.80. The van der Waals surface area contributed by atoms with Gasteiger partial charge in [-0.2, -0.15) is 0 Å². The average molecular weight is 293 g/mol. The van der Waals surface area contributed by atoms with Gasteiger partial charge in [0.25, 0.3) is 0 Å². The summed E-state index contributed by atoms with van der Waals surface area (Å²) in [5.41, 5.74) is 2.23. The summed E-state index contributed by atoms with van der Waals surface area (Å²) >= 11 is 3.56. The van der Waals surface area contributed by atoms with Crippen LogP contribution in [0, 0.1) is 0 Å². The second-order valence-electron chi connectivity index (χ2n) is 4.54. The highest BCUT2D eigenvalue weighted by Gasteiger charge is 2.21. The molecule has 2 aromatic rings. The Labute approximate surface area is 120 Å². The predicted octanol–water partition coefficient (Wildman–Crippen LogP) is 3.14. The number of hydrogen-bond acceptors (Lipinski definition) is 5. The molecule has 0 spiro atoms.